The summed E-state index contributed by atoms with van der Waals surface area (Å²) in [5.74, 6) is 0. The van der Waals surface area contributed by atoms with E-state index in [-0.39, 0.29) is 0 Å². The van der Waals surface area contributed by atoms with Crippen LogP contribution in [0.1, 0.15) is 31.5 Å². The van der Waals surface area contributed by atoms with Gasteiger partial charge in [-0.05, 0) is 25.0 Å². The maximum atomic E-state index is 5.75. The molecule has 0 fully saturated rings. The Morgan fingerprint density at radius 1 is 1.50 bits per heavy atom. The summed E-state index contributed by atoms with van der Waals surface area (Å²) < 4.78 is 5.17. The Balaban J connectivity index is 2.74. The lowest BCUT2D eigenvalue weighted by atomic mass is 10.1. The van der Waals surface area contributed by atoms with Crippen LogP contribution in [0, 0.1) is 0 Å². The summed E-state index contributed by atoms with van der Waals surface area (Å²) >= 11 is 0. The molecule has 0 amide bonds. The first-order valence-corrected chi connectivity index (χ1v) is 6.58. The monoisotopic (exact) mass is 251 g/mol. The maximum Gasteiger partial charge on any atom is 0.0589 e. The van der Waals surface area contributed by atoms with Crippen LogP contribution in [0.5, 0.6) is 0 Å². The van der Waals surface area contributed by atoms with Crippen LogP contribution in [-0.4, -0.2) is 36.2 Å². The molecule has 0 aromatic carbocycles. The molecule has 4 nitrogen and oxygen atoms in total. The third-order valence-corrected chi connectivity index (χ3v) is 3.35. The van der Waals surface area contributed by atoms with Gasteiger partial charge in [0.15, 0.2) is 0 Å². The first-order chi connectivity index (χ1) is 8.72. The van der Waals surface area contributed by atoms with Crippen LogP contribution >= 0.6 is 0 Å². The molecule has 0 bridgehead atoms. The number of nitrogens with zero attached hydrogens (tertiary/aromatic N) is 2. The van der Waals surface area contributed by atoms with Crippen molar-refractivity contribution in [2.24, 2.45) is 5.73 Å². The van der Waals surface area contributed by atoms with Gasteiger partial charge in [0, 0.05) is 39.0 Å². The van der Waals surface area contributed by atoms with E-state index in [1.165, 1.54) is 0 Å². The SMILES string of the molecule is CCC(C)N(CCOC)Cc1ncccc1CN. The fourth-order valence-electron chi connectivity index (χ4n) is 1.91. The van der Waals surface area contributed by atoms with Gasteiger partial charge in [-0.2, -0.15) is 0 Å². The third kappa shape index (κ3) is 4.37. The second kappa shape index (κ2) is 8.19. The summed E-state index contributed by atoms with van der Waals surface area (Å²) in [5, 5.41) is 0. The molecule has 1 aromatic heterocycles. The summed E-state index contributed by atoms with van der Waals surface area (Å²) in [6, 6.07) is 4.51. The Morgan fingerprint density at radius 3 is 2.89 bits per heavy atom. The number of hydrogen-bond donors (Lipinski definition) is 1. The molecule has 1 aromatic rings. The first-order valence-electron chi connectivity index (χ1n) is 6.58. The average Bonchev–Trinajstić information content (AvgIpc) is 2.42. The normalized spacial score (nSPS) is 12.9. The van der Waals surface area contributed by atoms with Crippen LogP contribution in [-0.2, 0) is 17.8 Å². The number of aromatic nitrogens is 1. The van der Waals surface area contributed by atoms with E-state index in [9.17, 15) is 0 Å². The molecule has 2 N–H and O–H groups in total. The molecule has 4 heteroatoms. The number of ether oxygens (including phenoxy) is 1. The molecule has 1 rings (SSSR count). The zero-order valence-electron chi connectivity index (χ0n) is 11.7. The Kier molecular flexibility index (Phi) is 6.86. The second-order valence-corrected chi connectivity index (χ2v) is 4.53. The predicted octanol–water partition coefficient (Wildman–Crippen LogP) is 1.79. The van der Waals surface area contributed by atoms with Crippen LogP contribution in [0.2, 0.25) is 0 Å². The van der Waals surface area contributed by atoms with Crippen molar-refractivity contribution in [1.29, 1.82) is 0 Å². The summed E-state index contributed by atoms with van der Waals surface area (Å²) in [4.78, 5) is 6.85. The minimum atomic E-state index is 0.521. The number of pyridine rings is 1. The van der Waals surface area contributed by atoms with Gasteiger partial charge in [0.1, 0.15) is 0 Å². The first kappa shape index (κ1) is 15.1. The van der Waals surface area contributed by atoms with Gasteiger partial charge in [-0.3, -0.25) is 9.88 Å². The lowest BCUT2D eigenvalue weighted by molar-refractivity contribution is 0.117. The maximum absolute atomic E-state index is 5.75. The molecule has 0 saturated carbocycles. The van der Waals surface area contributed by atoms with Gasteiger partial charge < -0.3 is 10.5 Å². The lowest BCUT2D eigenvalue weighted by Gasteiger charge is -2.28. The minimum Gasteiger partial charge on any atom is -0.383 e. The van der Waals surface area contributed by atoms with Gasteiger partial charge in [-0.1, -0.05) is 13.0 Å². The molecule has 1 heterocycles. The van der Waals surface area contributed by atoms with Gasteiger partial charge in [0.2, 0.25) is 0 Å². The number of nitrogens with two attached hydrogens (primary N) is 1. The van der Waals surface area contributed by atoms with E-state index in [2.05, 4.69) is 23.7 Å². The highest BCUT2D eigenvalue weighted by Crippen LogP contribution is 2.12. The molecule has 0 saturated heterocycles. The Labute approximate surface area is 110 Å². The van der Waals surface area contributed by atoms with Crippen molar-refractivity contribution in [3.05, 3.63) is 29.6 Å². The highest BCUT2D eigenvalue weighted by molar-refractivity contribution is 5.19. The van der Waals surface area contributed by atoms with Crippen molar-refractivity contribution >= 4 is 0 Å². The van der Waals surface area contributed by atoms with E-state index in [1.807, 2.05) is 18.3 Å². The standard InChI is InChI=1S/C14H25N3O/c1-4-12(2)17(8-9-18-3)11-14-13(10-15)6-5-7-16-14/h5-7,12H,4,8-11,15H2,1-3H3. The van der Waals surface area contributed by atoms with E-state index in [4.69, 9.17) is 10.5 Å². The largest absolute Gasteiger partial charge is 0.383 e. The quantitative estimate of drug-likeness (QED) is 0.765. The molecule has 1 unspecified atom stereocenters. The zero-order chi connectivity index (χ0) is 13.4. The molecular weight excluding hydrogens is 226 g/mol. The van der Waals surface area contributed by atoms with E-state index >= 15 is 0 Å². The van der Waals surface area contributed by atoms with Gasteiger partial charge in [0.05, 0.1) is 12.3 Å². The van der Waals surface area contributed by atoms with E-state index < -0.39 is 0 Å². The van der Waals surface area contributed by atoms with E-state index in [0.29, 0.717) is 12.6 Å². The van der Waals surface area contributed by atoms with Crippen LogP contribution in [0.25, 0.3) is 0 Å². The zero-order valence-corrected chi connectivity index (χ0v) is 11.7. The van der Waals surface area contributed by atoms with Crippen molar-refractivity contribution in [2.45, 2.75) is 39.4 Å². The Bertz CT molecular complexity index is 344. The molecular formula is C14H25N3O. The van der Waals surface area contributed by atoms with Crippen LogP contribution < -0.4 is 5.73 Å². The number of methoxy groups -OCH3 is 1. The predicted molar refractivity (Wildman–Crippen MR) is 74.2 cm³/mol. The van der Waals surface area contributed by atoms with Gasteiger partial charge in [-0.15, -0.1) is 0 Å². The van der Waals surface area contributed by atoms with Crippen LogP contribution in [0.3, 0.4) is 0 Å². The molecule has 0 spiro atoms. The highest BCUT2D eigenvalue weighted by Gasteiger charge is 2.14. The Hall–Kier alpha value is -0.970. The lowest BCUT2D eigenvalue weighted by Crippen LogP contribution is -2.35. The molecule has 102 valence electrons. The Morgan fingerprint density at radius 2 is 2.28 bits per heavy atom. The smallest absolute Gasteiger partial charge is 0.0589 e. The summed E-state index contributed by atoms with van der Waals surface area (Å²) in [7, 11) is 1.74. The molecule has 1 atom stereocenters. The van der Waals surface area contributed by atoms with Crippen molar-refractivity contribution in [1.82, 2.24) is 9.88 Å². The fourth-order valence-corrected chi connectivity index (χ4v) is 1.91. The van der Waals surface area contributed by atoms with Crippen molar-refractivity contribution < 1.29 is 4.74 Å². The minimum absolute atomic E-state index is 0.521. The second-order valence-electron chi connectivity index (χ2n) is 4.53. The van der Waals surface area contributed by atoms with Crippen molar-refractivity contribution in [3.63, 3.8) is 0 Å². The topological polar surface area (TPSA) is 51.4 Å². The van der Waals surface area contributed by atoms with Gasteiger partial charge >= 0.3 is 0 Å². The van der Waals surface area contributed by atoms with Crippen molar-refractivity contribution in [2.75, 3.05) is 20.3 Å². The van der Waals surface area contributed by atoms with Crippen LogP contribution in [0.15, 0.2) is 18.3 Å². The molecule has 0 radical (unpaired) electrons. The molecule has 0 aliphatic carbocycles. The molecule has 18 heavy (non-hydrogen) atoms. The van der Waals surface area contributed by atoms with Crippen LogP contribution in [0.4, 0.5) is 0 Å². The van der Waals surface area contributed by atoms with Gasteiger partial charge in [0.25, 0.3) is 0 Å². The third-order valence-electron chi connectivity index (χ3n) is 3.35. The average molecular weight is 251 g/mol. The highest BCUT2D eigenvalue weighted by atomic mass is 16.5. The van der Waals surface area contributed by atoms with E-state index in [0.717, 1.165) is 37.4 Å². The summed E-state index contributed by atoms with van der Waals surface area (Å²) in [6.45, 7) is 7.49. The summed E-state index contributed by atoms with van der Waals surface area (Å²) in [5.41, 5.74) is 7.96. The molecule has 0 aliphatic heterocycles. The fraction of sp³-hybridized carbons (Fsp3) is 0.643. The molecule has 0 aliphatic rings. The number of rotatable bonds is 8. The number of hydrogen-bond acceptors (Lipinski definition) is 4. The van der Waals surface area contributed by atoms with Gasteiger partial charge in [-0.25, -0.2) is 0 Å². The van der Waals surface area contributed by atoms with E-state index in [1.54, 1.807) is 7.11 Å². The van der Waals surface area contributed by atoms with Crippen molar-refractivity contribution in [3.8, 4) is 0 Å². The summed E-state index contributed by atoms with van der Waals surface area (Å²) in [6.07, 6.45) is 2.95.